The van der Waals surface area contributed by atoms with Crippen LogP contribution < -0.4 is 9.80 Å². The molecule has 0 radical (unpaired) electrons. The zero-order valence-electron chi connectivity index (χ0n) is 55.4. The van der Waals surface area contributed by atoms with Crippen molar-refractivity contribution in [1.82, 2.24) is 9.13 Å². The second-order valence-corrected chi connectivity index (χ2v) is 27.4. The summed E-state index contributed by atoms with van der Waals surface area (Å²) in [5.41, 5.74) is 32.9. The second kappa shape index (κ2) is 22.7. The van der Waals surface area contributed by atoms with Crippen LogP contribution in [0.3, 0.4) is 0 Å². The summed E-state index contributed by atoms with van der Waals surface area (Å²) in [6.45, 7) is 17.5. The third-order valence-corrected chi connectivity index (χ3v) is 21.2. The van der Waals surface area contributed by atoms with Crippen molar-refractivity contribution in [3.63, 3.8) is 0 Å². The van der Waals surface area contributed by atoms with Crippen molar-refractivity contribution in [3.8, 4) is 67.0 Å². The highest BCUT2D eigenvalue weighted by atomic mass is 15.1. The molecule has 2 aliphatic rings. The molecule has 0 bridgehead atoms. The molecule has 2 aliphatic carbocycles. The molecular weight excluding hydrogens is 1190 g/mol. The van der Waals surface area contributed by atoms with Crippen LogP contribution in [0.15, 0.2) is 329 Å². The molecule has 4 nitrogen and oxygen atoms in total. The summed E-state index contributed by atoms with van der Waals surface area (Å²) in [6, 6.07) is 117. The first-order valence-corrected chi connectivity index (χ1v) is 34.0. The van der Waals surface area contributed by atoms with Gasteiger partial charge >= 0.3 is 0 Å². The Bertz CT molecular complexity index is 5870. The first-order chi connectivity index (χ1) is 48.0. The minimum absolute atomic E-state index is 0.148. The summed E-state index contributed by atoms with van der Waals surface area (Å²) in [7, 11) is 0. The molecule has 4 heteroatoms. The van der Waals surface area contributed by atoms with Gasteiger partial charge in [0.2, 0.25) is 0 Å². The van der Waals surface area contributed by atoms with Gasteiger partial charge in [0, 0.05) is 77.9 Å². The van der Waals surface area contributed by atoms with E-state index in [0.717, 1.165) is 101 Å². The molecule has 0 unspecified atom stereocenters. The smallest absolute Gasteiger partial charge is 0.0542 e. The SMILES string of the molecule is C=Cc1ccc(-c2ccc(N(c3ccc(-c4ccc5c(c4)c4cc(-c6ccc7c(c6)c6cc(N(c8ccc(C=C)cc8)c8ccc9c(c8)C(C)(C)c8ccccc8-9)ccc6n7-c6ccccc6)ccc4n5-c4ccccc4)cc3)c3ccc4c(c3)C(C)(C)c3ccccc3-4)cc2)cc1. The van der Waals surface area contributed by atoms with Crippen LogP contribution in [-0.2, 0) is 10.8 Å². The molecule has 0 N–H and O–H groups in total. The molecule has 0 amide bonds. The van der Waals surface area contributed by atoms with Gasteiger partial charge in [-0.2, -0.15) is 0 Å². The second-order valence-electron chi connectivity index (χ2n) is 27.4. The summed E-state index contributed by atoms with van der Waals surface area (Å²) in [6.07, 6.45) is 3.81. The number of fused-ring (bicyclic) bond motifs is 12. The Kier molecular flexibility index (Phi) is 13.5. The van der Waals surface area contributed by atoms with Crippen molar-refractivity contribution in [2.45, 2.75) is 38.5 Å². The minimum Gasteiger partial charge on any atom is -0.310 e. The van der Waals surface area contributed by atoms with Crippen molar-refractivity contribution in [2.24, 2.45) is 0 Å². The van der Waals surface area contributed by atoms with Gasteiger partial charge < -0.3 is 18.9 Å². The highest BCUT2D eigenvalue weighted by Crippen LogP contribution is 2.53. The first-order valence-electron chi connectivity index (χ1n) is 34.0. The highest BCUT2D eigenvalue weighted by molar-refractivity contribution is 6.14. The number of rotatable bonds is 13. The molecule has 0 aliphatic heterocycles. The van der Waals surface area contributed by atoms with E-state index in [9.17, 15) is 0 Å². The Morgan fingerprint density at radius 2 is 0.541 bits per heavy atom. The Hall–Kier alpha value is -12.2. The summed E-state index contributed by atoms with van der Waals surface area (Å²) in [5.74, 6) is 0. The van der Waals surface area contributed by atoms with E-state index in [1.54, 1.807) is 0 Å². The van der Waals surface area contributed by atoms with Crippen LogP contribution in [0.1, 0.15) is 61.1 Å². The van der Waals surface area contributed by atoms with Crippen LogP contribution >= 0.6 is 0 Å². The highest BCUT2D eigenvalue weighted by Gasteiger charge is 2.37. The lowest BCUT2D eigenvalue weighted by atomic mass is 9.82. The molecule has 14 aromatic carbocycles. The topological polar surface area (TPSA) is 16.3 Å². The number of aromatic nitrogens is 2. The van der Waals surface area contributed by atoms with Crippen molar-refractivity contribution < 1.29 is 0 Å². The predicted octanol–water partition coefficient (Wildman–Crippen LogP) is 25.7. The average Bonchev–Trinajstić information content (AvgIpc) is 1.58. The van der Waals surface area contributed by atoms with Gasteiger partial charge in [0.15, 0.2) is 0 Å². The molecule has 0 saturated heterocycles. The first kappa shape index (κ1) is 58.3. The van der Waals surface area contributed by atoms with Gasteiger partial charge in [0.25, 0.3) is 0 Å². The molecule has 0 atom stereocenters. The number of para-hydroxylation sites is 2. The lowest BCUT2D eigenvalue weighted by Crippen LogP contribution is -2.16. The maximum absolute atomic E-state index is 4.10. The number of hydrogen-bond donors (Lipinski definition) is 0. The summed E-state index contributed by atoms with van der Waals surface area (Å²) in [5, 5.41) is 4.75. The van der Waals surface area contributed by atoms with Crippen LogP contribution in [0.2, 0.25) is 0 Å². The van der Waals surface area contributed by atoms with Gasteiger partial charge in [-0.15, -0.1) is 0 Å². The summed E-state index contributed by atoms with van der Waals surface area (Å²) in [4.78, 5) is 4.84. The minimum atomic E-state index is -0.159. The maximum atomic E-state index is 4.10. The van der Waals surface area contributed by atoms with Crippen LogP contribution in [0.5, 0.6) is 0 Å². The Labute approximate surface area is 572 Å². The van der Waals surface area contributed by atoms with E-state index in [4.69, 9.17) is 0 Å². The number of anilines is 6. The molecule has 466 valence electrons. The maximum Gasteiger partial charge on any atom is 0.0542 e. The van der Waals surface area contributed by atoms with Gasteiger partial charge in [-0.3, -0.25) is 0 Å². The van der Waals surface area contributed by atoms with E-state index in [0.29, 0.717) is 0 Å². The molecule has 0 spiro atoms. The molecular formula is C94H70N4. The Morgan fingerprint density at radius 3 is 0.969 bits per heavy atom. The quantitative estimate of drug-likeness (QED) is 0.114. The Morgan fingerprint density at radius 1 is 0.255 bits per heavy atom. The zero-order chi connectivity index (χ0) is 66.0. The standard InChI is InChI=1S/C94H70N4/c1-7-61-27-31-63(32-28-61)64-33-42-72(43-34-64)95(75-46-49-79-77-23-15-17-25-85(77)93(3,4)87(79)59-75)73-44-35-65(36-45-73)66-37-51-89-81(55-66)82-56-67(38-52-90(82)97(89)69-19-11-9-12-20-69)68-39-53-91-83(57-68)84-58-74(48-54-92(84)98(91)70-21-13-10-14-22-70)96(71-40-29-62(8-2)30-41-71)76-47-50-80-78-24-16-18-26-86(78)94(5,6)88(80)60-76/h7-60H,1-2H2,3-6H3. The average molecular weight is 1260 g/mol. The monoisotopic (exact) mass is 1250 g/mol. The zero-order valence-corrected chi connectivity index (χ0v) is 55.4. The van der Waals surface area contributed by atoms with E-state index in [1.807, 2.05) is 12.2 Å². The van der Waals surface area contributed by atoms with Crippen LogP contribution in [0, 0.1) is 0 Å². The molecule has 2 aromatic heterocycles. The van der Waals surface area contributed by atoms with Crippen molar-refractivity contribution in [3.05, 3.63) is 362 Å². The van der Waals surface area contributed by atoms with Gasteiger partial charge in [-0.25, -0.2) is 0 Å². The van der Waals surface area contributed by atoms with Crippen LogP contribution in [0.25, 0.3) is 123 Å². The van der Waals surface area contributed by atoms with E-state index in [-0.39, 0.29) is 10.8 Å². The van der Waals surface area contributed by atoms with Crippen molar-refractivity contribution >= 4 is 89.9 Å². The van der Waals surface area contributed by atoms with Gasteiger partial charge in [-0.1, -0.05) is 229 Å². The lowest BCUT2D eigenvalue weighted by molar-refractivity contribution is 0.660. The number of nitrogens with zero attached hydrogens (tertiary/aromatic N) is 4. The number of hydrogen-bond acceptors (Lipinski definition) is 2. The van der Waals surface area contributed by atoms with E-state index >= 15 is 0 Å². The third kappa shape index (κ3) is 9.35. The lowest BCUT2D eigenvalue weighted by Gasteiger charge is -2.28. The fourth-order valence-electron chi connectivity index (χ4n) is 16.2. The van der Waals surface area contributed by atoms with E-state index in [2.05, 4.69) is 375 Å². The summed E-state index contributed by atoms with van der Waals surface area (Å²) >= 11 is 0. The molecule has 0 saturated carbocycles. The third-order valence-electron chi connectivity index (χ3n) is 21.2. The van der Waals surface area contributed by atoms with E-state index < -0.39 is 0 Å². The summed E-state index contributed by atoms with van der Waals surface area (Å²) < 4.78 is 4.85. The van der Waals surface area contributed by atoms with Crippen LogP contribution in [0.4, 0.5) is 34.1 Å². The largest absolute Gasteiger partial charge is 0.310 e. The molecule has 16 aromatic rings. The van der Waals surface area contributed by atoms with Crippen molar-refractivity contribution in [1.29, 1.82) is 0 Å². The fourth-order valence-corrected chi connectivity index (χ4v) is 16.2. The molecule has 98 heavy (non-hydrogen) atoms. The molecule has 18 rings (SSSR count). The van der Waals surface area contributed by atoms with E-state index in [1.165, 1.54) is 77.2 Å². The Balaban J connectivity index is 0.753. The fraction of sp³-hybridized carbons (Fsp3) is 0.0638. The van der Waals surface area contributed by atoms with Gasteiger partial charge in [0.1, 0.15) is 0 Å². The van der Waals surface area contributed by atoms with Gasteiger partial charge in [-0.05, 0) is 229 Å². The molecule has 2 heterocycles. The normalized spacial score (nSPS) is 13.1. The molecule has 0 fully saturated rings. The van der Waals surface area contributed by atoms with Crippen molar-refractivity contribution in [2.75, 3.05) is 9.80 Å². The van der Waals surface area contributed by atoms with Crippen LogP contribution in [-0.4, -0.2) is 9.13 Å². The number of benzene rings is 14. The van der Waals surface area contributed by atoms with Gasteiger partial charge in [0.05, 0.1) is 22.1 Å². The predicted molar refractivity (Wildman–Crippen MR) is 416 cm³/mol.